The number of nitrogens with zero attached hydrogens (tertiary/aromatic N) is 1. The number of nitrogens with two attached hydrogens (primary N) is 1. The molecule has 14 heavy (non-hydrogen) atoms. The van der Waals surface area contributed by atoms with E-state index in [4.69, 9.17) is 34.0 Å². The van der Waals surface area contributed by atoms with Gasteiger partial charge >= 0.3 is 5.97 Å². The van der Waals surface area contributed by atoms with Crippen molar-refractivity contribution in [3.8, 4) is 0 Å². The molecule has 1 unspecified atom stereocenters. The maximum absolute atomic E-state index is 10.5. The van der Waals surface area contributed by atoms with Gasteiger partial charge in [-0.25, -0.2) is 4.98 Å². The van der Waals surface area contributed by atoms with Crippen molar-refractivity contribution in [1.29, 1.82) is 0 Å². The lowest BCUT2D eigenvalue weighted by Gasteiger charge is -2.07. The summed E-state index contributed by atoms with van der Waals surface area (Å²) in [7, 11) is 0. The zero-order valence-electron chi connectivity index (χ0n) is 7.08. The first-order valence-electron chi connectivity index (χ1n) is 3.79. The molecular formula is C8H8Cl2N2O2. The molecule has 3 N–H and O–H groups in total. The first-order chi connectivity index (χ1) is 6.50. The van der Waals surface area contributed by atoms with E-state index in [1.165, 1.54) is 12.3 Å². The summed E-state index contributed by atoms with van der Waals surface area (Å²) in [5.41, 5.74) is 5.93. The van der Waals surface area contributed by atoms with Crippen molar-refractivity contribution < 1.29 is 9.90 Å². The van der Waals surface area contributed by atoms with Crippen LogP contribution in [0.1, 0.15) is 5.56 Å². The number of rotatable bonds is 3. The van der Waals surface area contributed by atoms with Crippen LogP contribution in [-0.2, 0) is 11.2 Å². The Morgan fingerprint density at radius 1 is 1.64 bits per heavy atom. The minimum Gasteiger partial charge on any atom is -0.480 e. The molecule has 0 aliphatic rings. The van der Waals surface area contributed by atoms with Crippen LogP contribution in [0.15, 0.2) is 12.3 Å². The highest BCUT2D eigenvalue weighted by molar-refractivity contribution is 6.32. The third-order valence-corrected chi connectivity index (χ3v) is 2.21. The Bertz CT molecular complexity index is 357. The van der Waals surface area contributed by atoms with Gasteiger partial charge in [0, 0.05) is 6.20 Å². The van der Waals surface area contributed by atoms with Crippen molar-refractivity contribution >= 4 is 29.2 Å². The molecule has 1 aromatic heterocycles. The summed E-state index contributed by atoms with van der Waals surface area (Å²) < 4.78 is 0. The van der Waals surface area contributed by atoms with Crippen molar-refractivity contribution in [2.24, 2.45) is 5.73 Å². The topological polar surface area (TPSA) is 76.2 Å². The third kappa shape index (κ3) is 2.83. The number of pyridine rings is 1. The highest BCUT2D eigenvalue weighted by atomic mass is 35.5. The van der Waals surface area contributed by atoms with E-state index in [-0.39, 0.29) is 11.6 Å². The Balaban J connectivity index is 2.85. The third-order valence-electron chi connectivity index (χ3n) is 1.66. The molecule has 0 aromatic carbocycles. The van der Waals surface area contributed by atoms with Crippen LogP contribution in [0.5, 0.6) is 0 Å². The zero-order valence-corrected chi connectivity index (χ0v) is 8.59. The maximum atomic E-state index is 10.5. The Hall–Kier alpha value is -0.840. The second-order valence-corrected chi connectivity index (χ2v) is 3.54. The molecule has 6 heteroatoms. The normalized spacial score (nSPS) is 12.5. The van der Waals surface area contributed by atoms with Gasteiger partial charge in [-0.05, 0) is 18.1 Å². The molecule has 0 spiro atoms. The summed E-state index contributed by atoms with van der Waals surface area (Å²) in [4.78, 5) is 14.2. The van der Waals surface area contributed by atoms with E-state index in [1.54, 1.807) is 0 Å². The molecule has 0 saturated heterocycles. The lowest BCUT2D eigenvalue weighted by molar-refractivity contribution is -0.138. The van der Waals surface area contributed by atoms with Crippen LogP contribution in [0.2, 0.25) is 10.2 Å². The molecule has 0 aliphatic heterocycles. The van der Waals surface area contributed by atoms with Crippen molar-refractivity contribution in [2.75, 3.05) is 0 Å². The monoisotopic (exact) mass is 234 g/mol. The van der Waals surface area contributed by atoms with Gasteiger partial charge in [0.1, 0.15) is 11.2 Å². The molecule has 1 aromatic rings. The Labute approximate surface area is 90.6 Å². The van der Waals surface area contributed by atoms with Crippen LogP contribution in [0.25, 0.3) is 0 Å². The lowest BCUT2D eigenvalue weighted by Crippen LogP contribution is -2.32. The number of halogens is 2. The van der Waals surface area contributed by atoms with E-state index >= 15 is 0 Å². The molecule has 4 nitrogen and oxygen atoms in total. The van der Waals surface area contributed by atoms with Crippen LogP contribution in [0.3, 0.4) is 0 Å². The van der Waals surface area contributed by atoms with Crippen LogP contribution < -0.4 is 5.73 Å². The molecule has 0 bridgehead atoms. The predicted molar refractivity (Wildman–Crippen MR) is 53.6 cm³/mol. The molecule has 1 heterocycles. The van der Waals surface area contributed by atoms with Gasteiger partial charge in [0.2, 0.25) is 0 Å². The molecule has 76 valence electrons. The number of carboxylic acids is 1. The molecule has 1 atom stereocenters. The predicted octanol–water partition coefficient (Wildman–Crippen LogP) is 1.34. The van der Waals surface area contributed by atoms with E-state index in [0.717, 1.165) is 0 Å². The van der Waals surface area contributed by atoms with Crippen LogP contribution in [0, 0.1) is 0 Å². The van der Waals surface area contributed by atoms with Gasteiger partial charge in [-0.15, -0.1) is 0 Å². The van der Waals surface area contributed by atoms with E-state index in [9.17, 15) is 4.79 Å². The fraction of sp³-hybridized carbons (Fsp3) is 0.250. The van der Waals surface area contributed by atoms with E-state index in [2.05, 4.69) is 4.98 Å². The minimum absolute atomic E-state index is 0.135. The van der Waals surface area contributed by atoms with E-state index in [1.807, 2.05) is 0 Å². The number of aromatic nitrogens is 1. The summed E-state index contributed by atoms with van der Waals surface area (Å²) in [6.07, 6.45) is 1.50. The van der Waals surface area contributed by atoms with Gasteiger partial charge in [0.25, 0.3) is 0 Å². The van der Waals surface area contributed by atoms with Crippen LogP contribution in [0.4, 0.5) is 0 Å². The fourth-order valence-electron chi connectivity index (χ4n) is 0.932. The van der Waals surface area contributed by atoms with Gasteiger partial charge in [-0.3, -0.25) is 4.79 Å². The zero-order chi connectivity index (χ0) is 10.7. The summed E-state index contributed by atoms with van der Waals surface area (Å²) in [6, 6.07) is 0.526. The summed E-state index contributed by atoms with van der Waals surface area (Å²) in [5, 5.41) is 9.22. The van der Waals surface area contributed by atoms with Gasteiger partial charge in [0.05, 0.1) is 5.02 Å². The van der Waals surface area contributed by atoms with Gasteiger partial charge in [0.15, 0.2) is 0 Å². The molecule has 0 aliphatic carbocycles. The Morgan fingerprint density at radius 2 is 2.29 bits per heavy atom. The standard InChI is InChI=1S/C8H8Cl2N2O2/c9-5-3-12-7(10)2-4(5)1-6(11)8(13)14/h2-3,6H,1,11H2,(H,13,14). The molecule has 0 saturated carbocycles. The van der Waals surface area contributed by atoms with Crippen LogP contribution >= 0.6 is 23.2 Å². The average molecular weight is 235 g/mol. The second kappa shape index (κ2) is 4.59. The maximum Gasteiger partial charge on any atom is 0.320 e. The SMILES string of the molecule is NC(Cc1cc(Cl)ncc1Cl)C(=O)O. The number of hydrogen-bond acceptors (Lipinski definition) is 3. The highest BCUT2D eigenvalue weighted by Crippen LogP contribution is 2.19. The highest BCUT2D eigenvalue weighted by Gasteiger charge is 2.14. The summed E-state index contributed by atoms with van der Waals surface area (Å²) >= 11 is 11.4. The van der Waals surface area contributed by atoms with Gasteiger partial charge < -0.3 is 10.8 Å². The molecule has 0 amide bonds. The molecular weight excluding hydrogens is 227 g/mol. The Kier molecular flexibility index (Phi) is 3.69. The van der Waals surface area contributed by atoms with E-state index < -0.39 is 12.0 Å². The van der Waals surface area contributed by atoms with E-state index in [0.29, 0.717) is 10.6 Å². The lowest BCUT2D eigenvalue weighted by atomic mass is 10.1. The average Bonchev–Trinajstić information content (AvgIpc) is 2.11. The molecule has 1 rings (SSSR count). The Morgan fingerprint density at radius 3 is 2.86 bits per heavy atom. The van der Waals surface area contributed by atoms with Crippen molar-refractivity contribution in [3.05, 3.63) is 28.0 Å². The largest absolute Gasteiger partial charge is 0.480 e. The summed E-state index contributed by atoms with van der Waals surface area (Å²) in [5.74, 6) is -1.07. The minimum atomic E-state index is -1.07. The van der Waals surface area contributed by atoms with Gasteiger partial charge in [-0.2, -0.15) is 0 Å². The molecule has 0 radical (unpaired) electrons. The summed E-state index contributed by atoms with van der Waals surface area (Å²) in [6.45, 7) is 0. The second-order valence-electron chi connectivity index (χ2n) is 2.75. The van der Waals surface area contributed by atoms with Crippen LogP contribution in [-0.4, -0.2) is 22.1 Å². The quantitative estimate of drug-likeness (QED) is 0.775. The van der Waals surface area contributed by atoms with Gasteiger partial charge in [-0.1, -0.05) is 23.2 Å². The first kappa shape index (κ1) is 11.2. The number of carbonyl (C=O) groups is 1. The smallest absolute Gasteiger partial charge is 0.320 e. The molecule has 0 fully saturated rings. The van der Waals surface area contributed by atoms with Crippen molar-refractivity contribution in [3.63, 3.8) is 0 Å². The fourth-order valence-corrected chi connectivity index (χ4v) is 1.29. The van der Waals surface area contributed by atoms with Crippen molar-refractivity contribution in [2.45, 2.75) is 12.5 Å². The number of aliphatic carboxylic acids is 1. The number of hydrogen-bond donors (Lipinski definition) is 2. The number of carboxylic acid groups (broad SMARTS) is 1. The first-order valence-corrected chi connectivity index (χ1v) is 4.54. The van der Waals surface area contributed by atoms with Crippen molar-refractivity contribution in [1.82, 2.24) is 4.98 Å².